The highest BCUT2D eigenvalue weighted by molar-refractivity contribution is 7.92. The van der Waals surface area contributed by atoms with Crippen molar-refractivity contribution in [2.45, 2.75) is 45.3 Å². The quantitative estimate of drug-likeness (QED) is 0.420. The van der Waals surface area contributed by atoms with Crippen LogP contribution in [0.2, 0.25) is 0 Å². The van der Waals surface area contributed by atoms with Gasteiger partial charge in [-0.25, -0.2) is 12.8 Å². The van der Waals surface area contributed by atoms with Gasteiger partial charge in [-0.05, 0) is 56.2 Å². The summed E-state index contributed by atoms with van der Waals surface area (Å²) in [5.41, 5.74) is 1.24. The van der Waals surface area contributed by atoms with Crippen molar-refractivity contribution in [2.24, 2.45) is 0 Å². The van der Waals surface area contributed by atoms with Crippen molar-refractivity contribution in [3.63, 3.8) is 0 Å². The van der Waals surface area contributed by atoms with Crippen molar-refractivity contribution >= 4 is 27.5 Å². The summed E-state index contributed by atoms with van der Waals surface area (Å²) in [6, 6.07) is 22.5. The van der Waals surface area contributed by atoms with Crippen LogP contribution in [-0.2, 0) is 32.6 Å². The van der Waals surface area contributed by atoms with E-state index in [-0.39, 0.29) is 24.6 Å². The van der Waals surface area contributed by atoms with Crippen LogP contribution in [0.3, 0.4) is 0 Å². The second-order valence-corrected chi connectivity index (χ2v) is 12.1. The average molecular weight is 540 g/mol. The third-order valence-corrected chi connectivity index (χ3v) is 6.90. The molecule has 9 heteroatoms. The first kappa shape index (κ1) is 28.8. The van der Waals surface area contributed by atoms with Gasteiger partial charge < -0.3 is 10.2 Å². The molecule has 0 spiro atoms. The third kappa shape index (κ3) is 8.41. The van der Waals surface area contributed by atoms with Crippen LogP contribution < -0.4 is 9.62 Å². The Morgan fingerprint density at radius 3 is 1.89 bits per heavy atom. The fraction of sp³-hybridized carbons (Fsp3) is 0.310. The van der Waals surface area contributed by atoms with Gasteiger partial charge in [0.05, 0.1) is 11.9 Å². The van der Waals surface area contributed by atoms with Crippen molar-refractivity contribution < 1.29 is 22.4 Å². The van der Waals surface area contributed by atoms with Gasteiger partial charge in [-0.2, -0.15) is 0 Å². The first-order chi connectivity index (χ1) is 17.8. The molecule has 0 saturated carbocycles. The third-order valence-electron chi connectivity index (χ3n) is 5.76. The van der Waals surface area contributed by atoms with Crippen LogP contribution >= 0.6 is 0 Å². The van der Waals surface area contributed by atoms with Gasteiger partial charge >= 0.3 is 0 Å². The highest BCUT2D eigenvalue weighted by Gasteiger charge is 2.34. The van der Waals surface area contributed by atoms with Crippen LogP contribution in [0.1, 0.15) is 31.9 Å². The molecule has 202 valence electrons. The number of hydrogen-bond acceptors (Lipinski definition) is 4. The Morgan fingerprint density at radius 1 is 0.868 bits per heavy atom. The summed E-state index contributed by atoms with van der Waals surface area (Å²) >= 11 is 0. The Kier molecular flexibility index (Phi) is 9.27. The summed E-state index contributed by atoms with van der Waals surface area (Å²) in [5, 5.41) is 2.98. The number of hydrogen-bond donors (Lipinski definition) is 1. The summed E-state index contributed by atoms with van der Waals surface area (Å²) in [6.07, 6.45) is 1.22. The molecule has 1 unspecified atom stereocenters. The molecule has 0 aliphatic rings. The van der Waals surface area contributed by atoms with Gasteiger partial charge in [-0.3, -0.25) is 13.9 Å². The zero-order valence-electron chi connectivity index (χ0n) is 22.1. The van der Waals surface area contributed by atoms with Crippen molar-refractivity contribution in [3.8, 4) is 0 Å². The maximum absolute atomic E-state index is 13.9. The minimum absolute atomic E-state index is 0.0930. The van der Waals surface area contributed by atoms with Crippen LogP contribution in [0.4, 0.5) is 10.1 Å². The minimum atomic E-state index is -3.90. The van der Waals surface area contributed by atoms with Crippen LogP contribution in [-0.4, -0.2) is 49.5 Å². The molecule has 0 radical (unpaired) electrons. The van der Waals surface area contributed by atoms with Crippen molar-refractivity contribution in [1.82, 2.24) is 10.2 Å². The Bertz CT molecular complexity index is 1330. The minimum Gasteiger partial charge on any atom is -0.350 e. The second kappa shape index (κ2) is 12.2. The van der Waals surface area contributed by atoms with E-state index in [1.165, 1.54) is 17.0 Å². The zero-order chi connectivity index (χ0) is 27.9. The van der Waals surface area contributed by atoms with E-state index in [1.807, 2.05) is 81.4 Å². The number of nitrogens with zero attached hydrogens (tertiary/aromatic N) is 2. The largest absolute Gasteiger partial charge is 0.350 e. The maximum atomic E-state index is 13.9. The first-order valence-electron chi connectivity index (χ1n) is 12.3. The Balaban J connectivity index is 2.04. The number of nitrogens with one attached hydrogen (secondary N) is 1. The number of amides is 2. The summed E-state index contributed by atoms with van der Waals surface area (Å²) in [4.78, 5) is 28.9. The number of halogens is 1. The molecule has 0 aromatic heterocycles. The number of anilines is 1. The lowest BCUT2D eigenvalue weighted by atomic mass is 10.0. The van der Waals surface area contributed by atoms with E-state index < -0.39 is 39.9 Å². The Labute approximate surface area is 224 Å². The number of carbonyl (C=O) groups excluding carboxylic acids is 2. The Hall–Kier alpha value is -3.72. The number of sulfonamides is 1. The van der Waals surface area contributed by atoms with Gasteiger partial charge in [0.2, 0.25) is 21.8 Å². The van der Waals surface area contributed by atoms with Crippen molar-refractivity contribution in [1.29, 1.82) is 0 Å². The standard InChI is InChI=1S/C29H34FN3O4S/c1-29(2,3)31-28(35)26(19-22-11-7-5-8-12-22)32(20-23-13-9-6-10-14-23)27(34)21-33(38(4,36)37)25-17-15-24(30)16-18-25/h5-18,26H,19-21H2,1-4H3,(H,31,35). The molecule has 7 nitrogen and oxygen atoms in total. The van der Waals surface area contributed by atoms with E-state index in [2.05, 4.69) is 5.32 Å². The van der Waals surface area contributed by atoms with E-state index in [4.69, 9.17) is 0 Å². The highest BCUT2D eigenvalue weighted by atomic mass is 32.2. The lowest BCUT2D eigenvalue weighted by Crippen LogP contribution is -2.56. The zero-order valence-corrected chi connectivity index (χ0v) is 22.9. The molecular formula is C29H34FN3O4S. The Morgan fingerprint density at radius 2 is 1.39 bits per heavy atom. The monoisotopic (exact) mass is 539 g/mol. The number of carbonyl (C=O) groups is 2. The summed E-state index contributed by atoms with van der Waals surface area (Å²) in [5.74, 6) is -1.44. The van der Waals surface area contributed by atoms with Crippen LogP contribution in [0, 0.1) is 5.82 Å². The van der Waals surface area contributed by atoms with E-state index in [0.717, 1.165) is 33.8 Å². The molecule has 3 aromatic carbocycles. The fourth-order valence-corrected chi connectivity index (χ4v) is 4.86. The van der Waals surface area contributed by atoms with E-state index in [9.17, 15) is 22.4 Å². The lowest BCUT2D eigenvalue weighted by Gasteiger charge is -2.35. The van der Waals surface area contributed by atoms with Crippen molar-refractivity contribution in [3.05, 3.63) is 102 Å². The van der Waals surface area contributed by atoms with Crippen LogP contribution in [0.15, 0.2) is 84.9 Å². The topological polar surface area (TPSA) is 86.8 Å². The van der Waals surface area contributed by atoms with Gasteiger partial charge in [-0.15, -0.1) is 0 Å². The number of rotatable bonds is 10. The molecule has 0 aliphatic carbocycles. The molecule has 1 N–H and O–H groups in total. The molecule has 3 aromatic rings. The number of benzene rings is 3. The second-order valence-electron chi connectivity index (χ2n) is 10.2. The maximum Gasteiger partial charge on any atom is 0.244 e. The predicted molar refractivity (Wildman–Crippen MR) is 147 cm³/mol. The molecule has 0 saturated heterocycles. The SMILES string of the molecule is CC(C)(C)NC(=O)C(Cc1ccccc1)N(Cc1ccccc1)C(=O)CN(c1ccc(F)cc1)S(C)(=O)=O. The van der Waals surface area contributed by atoms with Gasteiger partial charge in [0.15, 0.2) is 0 Å². The molecular weight excluding hydrogens is 505 g/mol. The van der Waals surface area contributed by atoms with Crippen molar-refractivity contribution in [2.75, 3.05) is 17.1 Å². The van der Waals surface area contributed by atoms with Gasteiger partial charge in [0.25, 0.3) is 0 Å². The molecule has 0 heterocycles. The summed E-state index contributed by atoms with van der Waals surface area (Å²) < 4.78 is 39.8. The summed E-state index contributed by atoms with van der Waals surface area (Å²) in [6.45, 7) is 5.11. The molecule has 0 aliphatic heterocycles. The smallest absolute Gasteiger partial charge is 0.244 e. The summed E-state index contributed by atoms with van der Waals surface area (Å²) in [7, 11) is -3.90. The molecule has 3 rings (SSSR count). The van der Waals surface area contributed by atoms with Crippen LogP contribution in [0.5, 0.6) is 0 Å². The van der Waals surface area contributed by atoms with E-state index in [1.54, 1.807) is 0 Å². The fourth-order valence-electron chi connectivity index (χ4n) is 4.01. The van der Waals surface area contributed by atoms with Crippen LogP contribution in [0.25, 0.3) is 0 Å². The van der Waals surface area contributed by atoms with Gasteiger partial charge in [-0.1, -0.05) is 60.7 Å². The lowest BCUT2D eigenvalue weighted by molar-refractivity contribution is -0.140. The van der Waals surface area contributed by atoms with E-state index in [0.29, 0.717) is 0 Å². The highest BCUT2D eigenvalue weighted by Crippen LogP contribution is 2.21. The molecule has 0 fully saturated rings. The predicted octanol–water partition coefficient (Wildman–Crippen LogP) is 4.15. The molecule has 1 atom stereocenters. The first-order valence-corrected chi connectivity index (χ1v) is 14.1. The normalized spacial score (nSPS) is 12.4. The molecule has 0 bridgehead atoms. The average Bonchev–Trinajstić information content (AvgIpc) is 2.84. The van der Waals surface area contributed by atoms with Gasteiger partial charge in [0, 0.05) is 18.5 Å². The van der Waals surface area contributed by atoms with Gasteiger partial charge in [0.1, 0.15) is 18.4 Å². The molecule has 38 heavy (non-hydrogen) atoms. The molecule has 2 amide bonds. The van der Waals surface area contributed by atoms with E-state index >= 15 is 0 Å².